The van der Waals surface area contributed by atoms with Crippen molar-refractivity contribution in [3.63, 3.8) is 0 Å². The summed E-state index contributed by atoms with van der Waals surface area (Å²) in [4.78, 5) is 52.5. The van der Waals surface area contributed by atoms with Crippen molar-refractivity contribution in [1.82, 2.24) is 20.5 Å². The number of aromatic nitrogens is 1. The molecule has 4 heterocycles. The molecule has 1 aromatic carbocycles. The fourth-order valence-electron chi connectivity index (χ4n) is 4.33. The van der Waals surface area contributed by atoms with E-state index in [2.05, 4.69) is 38.7 Å². The summed E-state index contributed by atoms with van der Waals surface area (Å²) in [5, 5.41) is 13.8. The highest BCUT2D eigenvalue weighted by molar-refractivity contribution is 6.08. The summed E-state index contributed by atoms with van der Waals surface area (Å²) < 4.78 is 31.7. The van der Waals surface area contributed by atoms with Crippen LogP contribution in [0.25, 0.3) is 10.9 Å². The third-order valence-electron chi connectivity index (χ3n) is 6.00. The first-order chi connectivity index (χ1) is 16.1. The van der Waals surface area contributed by atoms with E-state index in [1.807, 2.05) is 0 Å². The van der Waals surface area contributed by atoms with Crippen LogP contribution in [0.5, 0.6) is 0 Å². The molecular formula is C21H22F3N5O5. The molecule has 1 atom stereocenters. The first-order valence-electron chi connectivity index (χ1n) is 10.6. The SMILES string of the molecule is O=C(O)C(F)(F)F.O=C1CCC(N2Cc3c([nH]c4cc(N5CCNCC5)ccc34)C2=O)C(=O)N1. The number of carboxylic acids is 1. The Balaban J connectivity index is 0.000000344. The average Bonchev–Trinajstić information content (AvgIpc) is 3.30. The summed E-state index contributed by atoms with van der Waals surface area (Å²) in [6, 6.07) is 5.68. The summed E-state index contributed by atoms with van der Waals surface area (Å²) in [6.45, 7) is 4.27. The number of aromatic amines is 1. The van der Waals surface area contributed by atoms with Gasteiger partial charge >= 0.3 is 12.1 Å². The number of nitrogens with zero attached hydrogens (tertiary/aromatic N) is 2. The van der Waals surface area contributed by atoms with E-state index in [4.69, 9.17) is 9.90 Å². The highest BCUT2D eigenvalue weighted by atomic mass is 19.4. The van der Waals surface area contributed by atoms with Crippen molar-refractivity contribution in [3.8, 4) is 0 Å². The monoisotopic (exact) mass is 481 g/mol. The maximum Gasteiger partial charge on any atom is 0.490 e. The Morgan fingerprint density at radius 2 is 1.79 bits per heavy atom. The number of rotatable bonds is 2. The van der Waals surface area contributed by atoms with Crippen molar-refractivity contribution in [3.05, 3.63) is 29.5 Å². The van der Waals surface area contributed by atoms with Crippen LogP contribution in [0.3, 0.4) is 0 Å². The zero-order valence-electron chi connectivity index (χ0n) is 17.9. The molecule has 0 aliphatic carbocycles. The molecule has 34 heavy (non-hydrogen) atoms. The van der Waals surface area contributed by atoms with Crippen LogP contribution in [0.15, 0.2) is 18.2 Å². The Labute approximate surface area is 191 Å². The second kappa shape index (κ2) is 8.97. The molecule has 5 rings (SSSR count). The van der Waals surface area contributed by atoms with Gasteiger partial charge in [-0.25, -0.2) is 4.79 Å². The van der Waals surface area contributed by atoms with Gasteiger partial charge in [0.15, 0.2) is 0 Å². The van der Waals surface area contributed by atoms with Crippen LogP contribution >= 0.6 is 0 Å². The maximum absolute atomic E-state index is 12.9. The van der Waals surface area contributed by atoms with Crippen molar-refractivity contribution < 1.29 is 37.5 Å². The smallest absolute Gasteiger partial charge is 0.475 e. The van der Waals surface area contributed by atoms with Gasteiger partial charge in [0.05, 0.1) is 0 Å². The molecule has 1 unspecified atom stereocenters. The summed E-state index contributed by atoms with van der Waals surface area (Å²) >= 11 is 0. The van der Waals surface area contributed by atoms with Gasteiger partial charge in [-0.15, -0.1) is 0 Å². The zero-order valence-corrected chi connectivity index (χ0v) is 17.9. The summed E-state index contributed by atoms with van der Waals surface area (Å²) in [5.41, 5.74) is 3.60. The Hall–Kier alpha value is -3.61. The third-order valence-corrected chi connectivity index (χ3v) is 6.00. The van der Waals surface area contributed by atoms with E-state index >= 15 is 0 Å². The van der Waals surface area contributed by atoms with Crippen molar-refractivity contribution >= 4 is 40.3 Å². The van der Waals surface area contributed by atoms with Gasteiger partial charge in [-0.2, -0.15) is 13.2 Å². The molecule has 2 aromatic rings. The molecule has 0 bridgehead atoms. The van der Waals surface area contributed by atoms with Crippen LogP contribution in [-0.2, 0) is 20.9 Å². The largest absolute Gasteiger partial charge is 0.490 e. The third kappa shape index (κ3) is 4.55. The summed E-state index contributed by atoms with van der Waals surface area (Å²) in [6.07, 6.45) is -4.44. The molecule has 3 aliphatic heterocycles. The number of nitrogens with one attached hydrogen (secondary N) is 3. The molecule has 4 N–H and O–H groups in total. The van der Waals surface area contributed by atoms with Gasteiger partial charge in [0.2, 0.25) is 11.8 Å². The second-order valence-corrected chi connectivity index (χ2v) is 8.15. The topological polar surface area (TPSA) is 135 Å². The van der Waals surface area contributed by atoms with Gasteiger partial charge < -0.3 is 25.2 Å². The van der Waals surface area contributed by atoms with Crippen LogP contribution in [0.2, 0.25) is 0 Å². The Morgan fingerprint density at radius 3 is 2.41 bits per heavy atom. The molecule has 2 saturated heterocycles. The number of aliphatic carboxylic acids is 1. The molecule has 3 amide bonds. The van der Waals surface area contributed by atoms with Crippen molar-refractivity contribution in [2.75, 3.05) is 31.1 Å². The van der Waals surface area contributed by atoms with E-state index < -0.39 is 18.2 Å². The number of hydrogen-bond acceptors (Lipinski definition) is 6. The minimum absolute atomic E-state index is 0.167. The quantitative estimate of drug-likeness (QED) is 0.470. The lowest BCUT2D eigenvalue weighted by Gasteiger charge is -2.30. The summed E-state index contributed by atoms with van der Waals surface area (Å²) in [7, 11) is 0. The molecule has 3 aliphatic rings. The fourth-order valence-corrected chi connectivity index (χ4v) is 4.33. The number of piperazine rings is 1. The molecule has 10 nitrogen and oxygen atoms in total. The number of fused-ring (bicyclic) bond motifs is 3. The normalized spacial score (nSPS) is 20.7. The summed E-state index contributed by atoms with van der Waals surface area (Å²) in [5.74, 6) is -3.57. The predicted octanol–water partition coefficient (Wildman–Crippen LogP) is 0.972. The number of hydrogen-bond donors (Lipinski definition) is 4. The molecule has 0 saturated carbocycles. The number of amides is 3. The number of carbonyl (C=O) groups excluding carboxylic acids is 3. The van der Waals surface area contributed by atoms with Crippen molar-refractivity contribution in [2.24, 2.45) is 0 Å². The van der Waals surface area contributed by atoms with Gasteiger partial charge in [0.25, 0.3) is 5.91 Å². The number of halogens is 3. The number of alkyl halides is 3. The van der Waals surface area contributed by atoms with Gasteiger partial charge in [-0.3, -0.25) is 19.7 Å². The molecule has 2 fully saturated rings. The first kappa shape index (κ1) is 23.5. The lowest BCUT2D eigenvalue weighted by Crippen LogP contribution is -2.52. The maximum atomic E-state index is 12.9. The van der Waals surface area contributed by atoms with Crippen molar-refractivity contribution in [1.29, 1.82) is 0 Å². The van der Waals surface area contributed by atoms with Crippen molar-refractivity contribution in [2.45, 2.75) is 31.6 Å². The molecule has 13 heteroatoms. The zero-order chi connectivity index (χ0) is 24.6. The minimum atomic E-state index is -5.08. The van der Waals surface area contributed by atoms with E-state index in [-0.39, 0.29) is 24.1 Å². The highest BCUT2D eigenvalue weighted by Crippen LogP contribution is 2.34. The fraction of sp³-hybridized carbons (Fsp3) is 0.429. The van der Waals surface area contributed by atoms with E-state index in [0.29, 0.717) is 18.7 Å². The predicted molar refractivity (Wildman–Crippen MR) is 113 cm³/mol. The molecule has 182 valence electrons. The van der Waals surface area contributed by atoms with Crippen LogP contribution < -0.4 is 15.5 Å². The van der Waals surface area contributed by atoms with Crippen LogP contribution in [0.4, 0.5) is 18.9 Å². The molecule has 0 radical (unpaired) electrons. The Kier molecular flexibility index (Phi) is 6.21. The number of anilines is 1. The number of carboxylic acid groups (broad SMARTS) is 1. The number of piperidine rings is 1. The Morgan fingerprint density at radius 1 is 1.12 bits per heavy atom. The van der Waals surface area contributed by atoms with Crippen LogP contribution in [0, 0.1) is 0 Å². The van der Waals surface area contributed by atoms with Gasteiger partial charge in [-0.05, 0) is 18.6 Å². The number of imide groups is 1. The lowest BCUT2D eigenvalue weighted by molar-refractivity contribution is -0.192. The molecule has 0 spiro atoms. The molecule has 1 aromatic heterocycles. The number of benzene rings is 1. The molecular weight excluding hydrogens is 459 g/mol. The van der Waals surface area contributed by atoms with Gasteiger partial charge in [-0.1, -0.05) is 6.07 Å². The van der Waals surface area contributed by atoms with E-state index in [0.717, 1.165) is 48.3 Å². The second-order valence-electron chi connectivity index (χ2n) is 8.15. The van der Waals surface area contributed by atoms with E-state index in [1.165, 1.54) is 0 Å². The lowest BCUT2D eigenvalue weighted by atomic mass is 10.0. The standard InChI is InChI=1S/C19H21N5O3.C2HF3O2/c25-16-4-3-15(18(26)22-16)24-10-13-12-2-1-11(23-7-5-20-6-8-23)9-14(12)21-17(13)19(24)27;3-2(4,5)1(6)7/h1-2,9,15,20-21H,3-8,10H2,(H,22,25,26);(H,6,7). The highest BCUT2D eigenvalue weighted by Gasteiger charge is 2.41. The Bertz CT molecular complexity index is 1160. The van der Waals surface area contributed by atoms with Crippen LogP contribution in [-0.4, -0.2) is 77.1 Å². The first-order valence-corrected chi connectivity index (χ1v) is 10.6. The van der Waals surface area contributed by atoms with E-state index in [9.17, 15) is 27.6 Å². The van der Waals surface area contributed by atoms with E-state index in [1.54, 1.807) is 4.90 Å². The minimum Gasteiger partial charge on any atom is -0.475 e. The average molecular weight is 481 g/mol. The van der Waals surface area contributed by atoms with Crippen LogP contribution in [0.1, 0.15) is 28.9 Å². The number of H-pyrrole nitrogens is 1. The van der Waals surface area contributed by atoms with Gasteiger partial charge in [0.1, 0.15) is 11.7 Å². The number of carbonyl (C=O) groups is 4. The van der Waals surface area contributed by atoms with Gasteiger partial charge in [0, 0.05) is 61.3 Å².